The van der Waals surface area contributed by atoms with Gasteiger partial charge in [-0.25, -0.2) is 9.97 Å². The number of halogens is 1. The molecule has 0 aromatic carbocycles. The van der Waals surface area contributed by atoms with Gasteiger partial charge in [-0.15, -0.1) is 11.6 Å². The number of aromatic nitrogens is 2. The normalized spacial score (nSPS) is 20.2. The van der Waals surface area contributed by atoms with E-state index in [0.717, 1.165) is 24.6 Å². The van der Waals surface area contributed by atoms with Gasteiger partial charge in [-0.1, -0.05) is 0 Å². The van der Waals surface area contributed by atoms with Gasteiger partial charge in [0.15, 0.2) is 0 Å². The Bertz CT molecular complexity index is 352. The average Bonchev–Trinajstić information content (AvgIpc) is 2.76. The minimum atomic E-state index is 0.474. The molecule has 0 N–H and O–H groups in total. The number of likely N-dealkylation sites (N-methyl/N-ethyl adjacent to an activating group) is 1. The van der Waals surface area contributed by atoms with Gasteiger partial charge in [0.05, 0.1) is 5.88 Å². The SMILES string of the molecule is CN(C)CC1CCCN1c1ncc(CCl)cn1. The number of hydrogen-bond donors (Lipinski definition) is 0. The van der Waals surface area contributed by atoms with E-state index in [9.17, 15) is 0 Å². The summed E-state index contributed by atoms with van der Waals surface area (Å²) in [6.07, 6.45) is 6.08. The molecule has 1 aliphatic heterocycles. The van der Waals surface area contributed by atoms with Crippen molar-refractivity contribution in [3.8, 4) is 0 Å². The number of hydrogen-bond acceptors (Lipinski definition) is 4. The monoisotopic (exact) mass is 254 g/mol. The Morgan fingerprint density at radius 3 is 2.71 bits per heavy atom. The lowest BCUT2D eigenvalue weighted by Gasteiger charge is -2.27. The summed E-state index contributed by atoms with van der Waals surface area (Å²) in [7, 11) is 4.21. The Morgan fingerprint density at radius 2 is 2.12 bits per heavy atom. The van der Waals surface area contributed by atoms with Crippen LogP contribution in [0.5, 0.6) is 0 Å². The lowest BCUT2D eigenvalue weighted by molar-refractivity contribution is 0.371. The summed E-state index contributed by atoms with van der Waals surface area (Å²) in [6.45, 7) is 2.11. The number of rotatable bonds is 4. The molecule has 1 aliphatic rings. The van der Waals surface area contributed by atoms with Gasteiger partial charge in [-0.3, -0.25) is 0 Å². The summed E-state index contributed by atoms with van der Waals surface area (Å²) in [4.78, 5) is 13.3. The predicted octanol–water partition coefficient (Wildman–Crippen LogP) is 1.75. The van der Waals surface area contributed by atoms with Crippen LogP contribution in [-0.2, 0) is 5.88 Å². The van der Waals surface area contributed by atoms with E-state index in [2.05, 4.69) is 33.9 Å². The van der Waals surface area contributed by atoms with Gasteiger partial charge in [0.1, 0.15) is 0 Å². The molecule has 2 rings (SSSR count). The average molecular weight is 255 g/mol. The second kappa shape index (κ2) is 5.65. The summed E-state index contributed by atoms with van der Waals surface area (Å²) >= 11 is 5.74. The first kappa shape index (κ1) is 12.6. The highest BCUT2D eigenvalue weighted by Crippen LogP contribution is 2.22. The molecule has 5 heteroatoms. The maximum atomic E-state index is 5.74. The highest BCUT2D eigenvalue weighted by atomic mass is 35.5. The van der Waals surface area contributed by atoms with Gasteiger partial charge >= 0.3 is 0 Å². The highest BCUT2D eigenvalue weighted by Gasteiger charge is 2.26. The topological polar surface area (TPSA) is 32.3 Å². The van der Waals surface area contributed by atoms with Crippen LogP contribution in [0, 0.1) is 0 Å². The Kier molecular flexibility index (Phi) is 4.18. The first-order chi connectivity index (χ1) is 8.20. The fourth-order valence-electron chi connectivity index (χ4n) is 2.28. The van der Waals surface area contributed by atoms with E-state index >= 15 is 0 Å². The molecule has 94 valence electrons. The first-order valence-electron chi connectivity index (χ1n) is 5.99. The fraction of sp³-hybridized carbons (Fsp3) is 0.667. The van der Waals surface area contributed by atoms with Crippen LogP contribution in [0.25, 0.3) is 0 Å². The number of alkyl halides is 1. The summed E-state index contributed by atoms with van der Waals surface area (Å²) in [5.41, 5.74) is 0.971. The predicted molar refractivity (Wildman–Crippen MR) is 70.5 cm³/mol. The van der Waals surface area contributed by atoms with Crippen molar-refractivity contribution in [2.45, 2.75) is 24.8 Å². The van der Waals surface area contributed by atoms with Crippen LogP contribution in [0.4, 0.5) is 5.95 Å². The van der Waals surface area contributed by atoms with Gasteiger partial charge in [0.2, 0.25) is 5.95 Å². The van der Waals surface area contributed by atoms with Crippen LogP contribution in [-0.4, -0.2) is 48.1 Å². The Hall–Kier alpha value is -0.870. The van der Waals surface area contributed by atoms with Crippen LogP contribution >= 0.6 is 11.6 Å². The van der Waals surface area contributed by atoms with Gasteiger partial charge in [-0.05, 0) is 26.9 Å². The number of nitrogens with zero attached hydrogens (tertiary/aromatic N) is 4. The van der Waals surface area contributed by atoms with Crippen molar-refractivity contribution in [3.63, 3.8) is 0 Å². The minimum Gasteiger partial charge on any atom is -0.337 e. The van der Waals surface area contributed by atoms with Crippen molar-refractivity contribution in [1.82, 2.24) is 14.9 Å². The lowest BCUT2D eigenvalue weighted by Crippen LogP contribution is -2.38. The maximum Gasteiger partial charge on any atom is 0.225 e. The summed E-state index contributed by atoms with van der Waals surface area (Å²) in [5, 5.41) is 0. The van der Waals surface area contributed by atoms with Crippen LogP contribution in [0.15, 0.2) is 12.4 Å². The van der Waals surface area contributed by atoms with Crippen molar-refractivity contribution < 1.29 is 0 Å². The van der Waals surface area contributed by atoms with Crippen molar-refractivity contribution in [1.29, 1.82) is 0 Å². The zero-order chi connectivity index (χ0) is 12.3. The summed E-state index contributed by atoms with van der Waals surface area (Å²) < 4.78 is 0. The van der Waals surface area contributed by atoms with Crippen molar-refractivity contribution in [2.24, 2.45) is 0 Å². The van der Waals surface area contributed by atoms with Crippen LogP contribution in [0.2, 0.25) is 0 Å². The van der Waals surface area contributed by atoms with Gasteiger partial charge < -0.3 is 9.80 Å². The molecule has 1 aromatic rings. The quantitative estimate of drug-likeness (QED) is 0.767. The van der Waals surface area contributed by atoms with E-state index in [0.29, 0.717) is 11.9 Å². The van der Waals surface area contributed by atoms with Gasteiger partial charge in [0.25, 0.3) is 0 Å². The van der Waals surface area contributed by atoms with Gasteiger partial charge in [0, 0.05) is 37.1 Å². The standard InChI is InChI=1S/C12H19ClN4/c1-16(2)9-11-4-3-5-17(11)12-14-7-10(6-13)8-15-12/h7-8,11H,3-6,9H2,1-2H3. The lowest BCUT2D eigenvalue weighted by atomic mass is 10.2. The smallest absolute Gasteiger partial charge is 0.225 e. The molecule has 0 aliphatic carbocycles. The number of anilines is 1. The molecule has 1 atom stereocenters. The maximum absolute atomic E-state index is 5.74. The Balaban J connectivity index is 2.08. The van der Waals surface area contributed by atoms with E-state index < -0.39 is 0 Å². The van der Waals surface area contributed by atoms with Crippen molar-refractivity contribution >= 4 is 17.5 Å². The molecule has 0 radical (unpaired) electrons. The molecule has 0 amide bonds. The third-order valence-electron chi connectivity index (χ3n) is 3.06. The van der Waals surface area contributed by atoms with E-state index in [-0.39, 0.29) is 0 Å². The van der Waals surface area contributed by atoms with Crippen molar-refractivity contribution in [3.05, 3.63) is 18.0 Å². The molecule has 4 nitrogen and oxygen atoms in total. The molecule has 0 saturated carbocycles. The summed E-state index contributed by atoms with van der Waals surface area (Å²) in [6, 6.07) is 0.534. The van der Waals surface area contributed by atoms with Gasteiger partial charge in [-0.2, -0.15) is 0 Å². The molecular formula is C12H19ClN4. The van der Waals surface area contributed by atoms with E-state index in [1.807, 2.05) is 12.4 Å². The van der Waals surface area contributed by atoms with Crippen molar-refractivity contribution in [2.75, 3.05) is 32.1 Å². The highest BCUT2D eigenvalue weighted by molar-refractivity contribution is 6.17. The third-order valence-corrected chi connectivity index (χ3v) is 3.36. The molecule has 1 aromatic heterocycles. The Morgan fingerprint density at radius 1 is 1.41 bits per heavy atom. The zero-order valence-corrected chi connectivity index (χ0v) is 11.2. The molecule has 2 heterocycles. The fourth-order valence-corrected chi connectivity index (χ4v) is 2.41. The van der Waals surface area contributed by atoms with E-state index in [1.165, 1.54) is 12.8 Å². The summed E-state index contributed by atoms with van der Waals surface area (Å²) in [5.74, 6) is 1.31. The molecule has 0 bridgehead atoms. The molecule has 0 spiro atoms. The second-order valence-corrected chi connectivity index (χ2v) is 5.04. The van der Waals surface area contributed by atoms with Crippen LogP contribution in [0.3, 0.4) is 0 Å². The largest absolute Gasteiger partial charge is 0.337 e. The molecule has 1 saturated heterocycles. The molecule has 1 unspecified atom stereocenters. The molecular weight excluding hydrogens is 236 g/mol. The van der Waals surface area contributed by atoms with E-state index in [4.69, 9.17) is 11.6 Å². The van der Waals surface area contributed by atoms with Crippen LogP contribution in [0.1, 0.15) is 18.4 Å². The minimum absolute atomic E-state index is 0.474. The first-order valence-corrected chi connectivity index (χ1v) is 6.52. The third kappa shape index (κ3) is 3.07. The second-order valence-electron chi connectivity index (χ2n) is 4.78. The molecule has 17 heavy (non-hydrogen) atoms. The van der Waals surface area contributed by atoms with Crippen LogP contribution < -0.4 is 4.90 Å². The zero-order valence-electron chi connectivity index (χ0n) is 10.4. The molecule has 1 fully saturated rings. The Labute approximate surface area is 108 Å². The van der Waals surface area contributed by atoms with E-state index in [1.54, 1.807) is 0 Å².